The first-order valence-corrected chi connectivity index (χ1v) is 11.9. The van der Waals surface area contributed by atoms with Gasteiger partial charge in [-0.3, -0.25) is 4.79 Å². The molecule has 0 aliphatic carbocycles. The van der Waals surface area contributed by atoms with Crippen LogP contribution < -0.4 is 0 Å². The molecule has 4 rings (SSSR count). The van der Waals surface area contributed by atoms with Gasteiger partial charge in [-0.25, -0.2) is 0 Å². The second-order valence-corrected chi connectivity index (χ2v) is 9.53. The third-order valence-corrected chi connectivity index (χ3v) is 7.04. The molecule has 0 atom stereocenters. The fourth-order valence-electron chi connectivity index (χ4n) is 4.89. The van der Waals surface area contributed by atoms with E-state index in [1.807, 2.05) is 60.7 Å². The van der Waals surface area contributed by atoms with Crippen LogP contribution in [0.1, 0.15) is 41.4 Å². The molecule has 4 nitrogen and oxygen atoms in total. The van der Waals surface area contributed by atoms with E-state index in [9.17, 15) is 9.90 Å². The summed E-state index contributed by atoms with van der Waals surface area (Å²) in [7, 11) is 3.54. The van der Waals surface area contributed by atoms with Gasteiger partial charge in [0.2, 0.25) is 5.91 Å². The van der Waals surface area contributed by atoms with Gasteiger partial charge in [-0.15, -0.1) is 0 Å². The number of likely N-dealkylation sites (tertiary alicyclic amines) is 1. The maximum atomic E-state index is 13.9. The number of benzene rings is 3. The van der Waals surface area contributed by atoms with E-state index in [-0.39, 0.29) is 53.5 Å². The van der Waals surface area contributed by atoms with Crippen LogP contribution in [0, 0.1) is 0 Å². The van der Waals surface area contributed by atoms with Crippen molar-refractivity contribution in [3.63, 3.8) is 0 Å². The van der Waals surface area contributed by atoms with Gasteiger partial charge in [0, 0.05) is 32.2 Å². The minimum atomic E-state index is -1.49. The van der Waals surface area contributed by atoms with E-state index in [0.29, 0.717) is 26.1 Å². The standard InChI is InChI=1S/C29H33ClN2O2/c1-31(2)27(33)29(24-9-5-3-6-10-24,25-11-7-4-8-12-25)19-22-32-20-17-28(34,18-21-32)23-13-15-26(30)16-14-23/h3-16,34H,17-22H2,1-2H3/i13D,14D,15D,16D. The van der Waals surface area contributed by atoms with E-state index in [1.54, 1.807) is 19.0 Å². The van der Waals surface area contributed by atoms with Crippen molar-refractivity contribution in [3.05, 3.63) is 107 Å². The highest BCUT2D eigenvalue weighted by molar-refractivity contribution is 6.30. The van der Waals surface area contributed by atoms with Crippen LogP contribution in [-0.2, 0) is 15.8 Å². The average Bonchev–Trinajstić information content (AvgIpc) is 2.93. The van der Waals surface area contributed by atoms with Crippen LogP contribution in [0.4, 0.5) is 0 Å². The summed E-state index contributed by atoms with van der Waals surface area (Å²) in [5, 5.41) is 11.2. The van der Waals surface area contributed by atoms with E-state index >= 15 is 0 Å². The molecule has 3 aromatic rings. The molecule has 1 aliphatic heterocycles. The highest BCUT2D eigenvalue weighted by atomic mass is 35.5. The van der Waals surface area contributed by atoms with Gasteiger partial charge in [0.25, 0.3) is 0 Å². The average molecular weight is 481 g/mol. The summed E-state index contributed by atoms with van der Waals surface area (Å²) in [4.78, 5) is 17.7. The molecule has 5 heteroatoms. The highest BCUT2D eigenvalue weighted by Crippen LogP contribution is 2.39. The number of hydrogen-bond acceptors (Lipinski definition) is 3. The lowest BCUT2D eigenvalue weighted by molar-refractivity contribution is -0.133. The van der Waals surface area contributed by atoms with Crippen molar-refractivity contribution in [1.82, 2.24) is 9.80 Å². The van der Waals surface area contributed by atoms with Crippen LogP contribution in [0.2, 0.25) is 5.02 Å². The van der Waals surface area contributed by atoms with Crippen LogP contribution in [0.15, 0.2) is 84.8 Å². The zero-order valence-corrected chi connectivity index (χ0v) is 20.4. The molecule has 0 unspecified atom stereocenters. The van der Waals surface area contributed by atoms with Crippen LogP contribution in [0.3, 0.4) is 0 Å². The van der Waals surface area contributed by atoms with Crippen molar-refractivity contribution in [2.75, 3.05) is 33.7 Å². The van der Waals surface area contributed by atoms with Gasteiger partial charge >= 0.3 is 0 Å². The minimum Gasteiger partial charge on any atom is -0.385 e. The molecule has 1 N–H and O–H groups in total. The Morgan fingerprint density at radius 1 is 1.00 bits per heavy atom. The maximum Gasteiger partial charge on any atom is 0.237 e. The van der Waals surface area contributed by atoms with Crippen molar-refractivity contribution in [2.45, 2.75) is 30.3 Å². The Morgan fingerprint density at radius 3 is 1.97 bits per heavy atom. The number of aliphatic hydroxyl groups is 1. The monoisotopic (exact) mass is 480 g/mol. The lowest BCUT2D eigenvalue weighted by Crippen LogP contribution is -2.48. The molecule has 1 saturated heterocycles. The number of piperidine rings is 1. The van der Waals surface area contributed by atoms with E-state index < -0.39 is 11.0 Å². The van der Waals surface area contributed by atoms with Crippen molar-refractivity contribution in [2.24, 2.45) is 0 Å². The summed E-state index contributed by atoms with van der Waals surface area (Å²) < 4.78 is 32.8. The Labute approximate surface area is 213 Å². The van der Waals surface area contributed by atoms with Gasteiger partial charge in [0.1, 0.15) is 5.41 Å². The summed E-state index contributed by atoms with van der Waals surface area (Å²) in [5.74, 6) is -0.00627. The Hall–Kier alpha value is -2.66. The SMILES string of the molecule is [2H]c1c([2H])c(C2(O)CCN(CCC(C(=O)N(C)C)(c3ccccc3)c3ccccc3)CC2)c([2H])c([2H])c1Cl. The summed E-state index contributed by atoms with van der Waals surface area (Å²) >= 11 is 5.96. The smallest absolute Gasteiger partial charge is 0.237 e. The Balaban J connectivity index is 1.61. The molecule has 1 aliphatic rings. The number of carbonyl (C=O) groups excluding carboxylic acids is 1. The second-order valence-electron chi connectivity index (χ2n) is 9.15. The quantitative estimate of drug-likeness (QED) is 0.512. The molecule has 1 amide bonds. The topological polar surface area (TPSA) is 43.8 Å². The van der Waals surface area contributed by atoms with Gasteiger partial charge in [-0.05, 0) is 54.6 Å². The Kier molecular flexibility index (Phi) is 5.95. The van der Waals surface area contributed by atoms with E-state index in [2.05, 4.69) is 4.90 Å². The number of nitrogens with zero attached hydrogens (tertiary/aromatic N) is 2. The molecule has 34 heavy (non-hydrogen) atoms. The van der Waals surface area contributed by atoms with E-state index in [4.69, 9.17) is 17.1 Å². The number of halogens is 1. The molecule has 178 valence electrons. The normalized spacial score (nSPS) is 17.9. The van der Waals surface area contributed by atoms with Gasteiger partial charge in [0.15, 0.2) is 0 Å². The zero-order chi connectivity index (χ0) is 27.7. The molecular formula is C29H33ClN2O2. The van der Waals surface area contributed by atoms with Crippen LogP contribution in [-0.4, -0.2) is 54.5 Å². The lowest BCUT2D eigenvalue weighted by atomic mass is 9.70. The number of amides is 1. The van der Waals surface area contributed by atoms with Crippen molar-refractivity contribution >= 4 is 17.5 Å². The highest BCUT2D eigenvalue weighted by Gasteiger charge is 2.43. The first-order chi connectivity index (χ1) is 18.0. The summed E-state index contributed by atoms with van der Waals surface area (Å²) in [6.45, 7) is 1.55. The first kappa shape index (κ1) is 19.6. The number of rotatable bonds is 7. The van der Waals surface area contributed by atoms with Crippen LogP contribution in [0.5, 0.6) is 0 Å². The number of hydrogen-bond donors (Lipinski definition) is 1. The molecule has 0 radical (unpaired) electrons. The van der Waals surface area contributed by atoms with Gasteiger partial charge in [0.05, 0.1) is 11.1 Å². The predicted octanol–water partition coefficient (Wildman–Crippen LogP) is 5.09. The Morgan fingerprint density at radius 2 is 1.50 bits per heavy atom. The lowest BCUT2D eigenvalue weighted by Gasteiger charge is -2.41. The summed E-state index contributed by atoms with van der Waals surface area (Å²) in [5.41, 5.74) is -0.538. The molecule has 3 aromatic carbocycles. The fraction of sp³-hybridized carbons (Fsp3) is 0.345. The number of carbonyl (C=O) groups is 1. The predicted molar refractivity (Wildman–Crippen MR) is 138 cm³/mol. The Bertz CT molecular complexity index is 1230. The van der Waals surface area contributed by atoms with E-state index in [1.165, 1.54) is 0 Å². The third-order valence-electron chi connectivity index (χ3n) is 6.85. The third kappa shape index (κ3) is 4.90. The largest absolute Gasteiger partial charge is 0.385 e. The van der Waals surface area contributed by atoms with Gasteiger partial charge in [-0.2, -0.15) is 0 Å². The van der Waals surface area contributed by atoms with Crippen molar-refractivity contribution in [1.29, 1.82) is 0 Å². The van der Waals surface area contributed by atoms with Gasteiger partial charge < -0.3 is 14.9 Å². The molecule has 0 saturated carbocycles. The molecule has 1 fully saturated rings. The summed E-state index contributed by atoms with van der Waals surface area (Å²) in [6.07, 6.45) is 1.02. The molecule has 0 bridgehead atoms. The first-order valence-electron chi connectivity index (χ1n) is 13.6. The van der Waals surface area contributed by atoms with E-state index in [0.717, 1.165) is 11.1 Å². The van der Waals surface area contributed by atoms with Gasteiger partial charge in [-0.1, -0.05) is 84.3 Å². The van der Waals surface area contributed by atoms with Crippen molar-refractivity contribution in [3.8, 4) is 0 Å². The zero-order valence-electron chi connectivity index (χ0n) is 23.6. The molecule has 0 aromatic heterocycles. The fourth-order valence-corrected chi connectivity index (χ4v) is 4.98. The molecular weight excluding hydrogens is 444 g/mol. The maximum absolute atomic E-state index is 13.9. The molecule has 1 heterocycles. The molecule has 0 spiro atoms. The second kappa shape index (κ2) is 10.3. The minimum absolute atomic E-state index is 0.00209. The number of likely N-dealkylation sites (N-methyl/N-ethyl adjacent to an activating group) is 1. The van der Waals surface area contributed by atoms with Crippen LogP contribution >= 0.6 is 11.6 Å². The van der Waals surface area contributed by atoms with Crippen LogP contribution in [0.25, 0.3) is 0 Å². The summed E-state index contributed by atoms with van der Waals surface area (Å²) in [6, 6.07) is 18.4. The van der Waals surface area contributed by atoms with Crippen molar-refractivity contribution < 1.29 is 15.4 Å².